The van der Waals surface area contributed by atoms with Crippen molar-refractivity contribution in [3.05, 3.63) is 59.2 Å². The van der Waals surface area contributed by atoms with Gasteiger partial charge in [0.1, 0.15) is 12.1 Å². The van der Waals surface area contributed by atoms with E-state index in [4.69, 9.17) is 9.94 Å². The predicted octanol–water partition coefficient (Wildman–Crippen LogP) is 2.65. The van der Waals surface area contributed by atoms with Gasteiger partial charge in [0.2, 0.25) is 0 Å². The summed E-state index contributed by atoms with van der Waals surface area (Å²) < 4.78 is 42.8. The molecule has 0 aromatic rings. The number of ether oxygens (including phenoxy) is 1. The molecule has 0 atom stereocenters. The third-order valence-electron chi connectivity index (χ3n) is 2.79. The Balaban J connectivity index is 2.24. The van der Waals surface area contributed by atoms with Gasteiger partial charge in [0.05, 0.1) is 12.8 Å². The van der Waals surface area contributed by atoms with Gasteiger partial charge in [0.15, 0.2) is 11.5 Å². The smallest absolute Gasteiger partial charge is 0.433 e. The number of rotatable bonds is 2. The van der Waals surface area contributed by atoms with E-state index in [1.54, 1.807) is 6.08 Å². The number of halogens is 3. The van der Waals surface area contributed by atoms with Gasteiger partial charge < -0.3 is 4.74 Å². The van der Waals surface area contributed by atoms with Gasteiger partial charge in [-0.05, 0) is 30.4 Å². The van der Waals surface area contributed by atoms with E-state index >= 15 is 0 Å². The molecule has 0 fully saturated rings. The molecule has 116 valence electrons. The summed E-state index contributed by atoms with van der Waals surface area (Å²) in [6.45, 7) is 0. The highest BCUT2D eigenvalue weighted by molar-refractivity contribution is 6.08. The van der Waals surface area contributed by atoms with Crippen LogP contribution in [0, 0.1) is 0 Å². The molecule has 0 saturated heterocycles. The SMILES string of the molecule is COC1=CC(=O)C(=CC=C2C=C(C(F)(F)F)N(O)C=N2)C=C1. The van der Waals surface area contributed by atoms with Gasteiger partial charge in [0, 0.05) is 11.6 Å². The number of hydrogen-bond donors (Lipinski definition) is 1. The Hall–Kier alpha value is -2.61. The number of hydrogen-bond acceptors (Lipinski definition) is 5. The van der Waals surface area contributed by atoms with Gasteiger partial charge in [0.25, 0.3) is 0 Å². The number of methoxy groups -OCH3 is 1. The van der Waals surface area contributed by atoms with Crippen molar-refractivity contribution in [3.8, 4) is 0 Å². The molecule has 5 nitrogen and oxygen atoms in total. The second kappa shape index (κ2) is 6.02. The van der Waals surface area contributed by atoms with Crippen molar-refractivity contribution in [2.24, 2.45) is 4.99 Å². The molecule has 1 N–H and O–H groups in total. The van der Waals surface area contributed by atoms with E-state index in [1.165, 1.54) is 31.4 Å². The molecule has 0 spiro atoms. The monoisotopic (exact) mass is 312 g/mol. The molecule has 1 aliphatic carbocycles. The maximum atomic E-state index is 12.6. The average Bonchev–Trinajstić information content (AvgIpc) is 2.46. The van der Waals surface area contributed by atoms with Gasteiger partial charge in [-0.2, -0.15) is 13.2 Å². The first-order chi connectivity index (χ1) is 10.3. The van der Waals surface area contributed by atoms with E-state index in [0.717, 1.165) is 0 Å². The Labute approximate surface area is 123 Å². The number of alkyl halides is 3. The van der Waals surface area contributed by atoms with Crippen LogP contribution in [0.3, 0.4) is 0 Å². The molecule has 0 amide bonds. The second-order valence-corrected chi connectivity index (χ2v) is 4.28. The van der Waals surface area contributed by atoms with Crippen LogP contribution in [0.4, 0.5) is 13.2 Å². The number of allylic oxidation sites excluding steroid dienone is 8. The summed E-state index contributed by atoms with van der Waals surface area (Å²) in [5.74, 6) is 0.0560. The Morgan fingerprint density at radius 1 is 1.27 bits per heavy atom. The molecular weight excluding hydrogens is 301 g/mol. The maximum absolute atomic E-state index is 12.6. The fourth-order valence-electron chi connectivity index (χ4n) is 1.68. The molecule has 22 heavy (non-hydrogen) atoms. The zero-order valence-electron chi connectivity index (χ0n) is 11.3. The number of hydroxylamine groups is 2. The number of aliphatic imine (C=N–C) groups is 1. The molecule has 0 saturated carbocycles. The highest BCUT2D eigenvalue weighted by Crippen LogP contribution is 2.30. The first-order valence-electron chi connectivity index (χ1n) is 6.02. The van der Waals surface area contributed by atoms with Crippen LogP contribution in [0.2, 0.25) is 0 Å². The Kier molecular flexibility index (Phi) is 4.32. The van der Waals surface area contributed by atoms with Crippen LogP contribution < -0.4 is 0 Å². The second-order valence-electron chi connectivity index (χ2n) is 4.28. The van der Waals surface area contributed by atoms with E-state index in [2.05, 4.69) is 4.99 Å². The highest BCUT2D eigenvalue weighted by atomic mass is 19.4. The number of ketones is 1. The minimum absolute atomic E-state index is 0.0483. The molecule has 1 heterocycles. The minimum atomic E-state index is -4.72. The fraction of sp³-hybridized carbons (Fsp3) is 0.143. The summed E-state index contributed by atoms with van der Waals surface area (Å²) >= 11 is 0. The van der Waals surface area contributed by atoms with Crippen LogP contribution in [0.1, 0.15) is 0 Å². The van der Waals surface area contributed by atoms with Crippen molar-refractivity contribution in [1.29, 1.82) is 0 Å². The predicted molar refractivity (Wildman–Crippen MR) is 71.7 cm³/mol. The lowest BCUT2D eigenvalue weighted by Gasteiger charge is -2.20. The molecule has 1 aliphatic heterocycles. The Morgan fingerprint density at radius 3 is 2.59 bits per heavy atom. The van der Waals surface area contributed by atoms with Crippen LogP contribution in [0.5, 0.6) is 0 Å². The molecule has 2 aliphatic rings. The van der Waals surface area contributed by atoms with E-state index in [0.29, 0.717) is 18.2 Å². The van der Waals surface area contributed by atoms with Gasteiger partial charge in [-0.3, -0.25) is 10.0 Å². The van der Waals surface area contributed by atoms with E-state index in [9.17, 15) is 18.0 Å². The van der Waals surface area contributed by atoms with Crippen LogP contribution >= 0.6 is 0 Å². The normalized spacial score (nSPS) is 22.2. The van der Waals surface area contributed by atoms with Crippen molar-refractivity contribution in [2.45, 2.75) is 6.18 Å². The van der Waals surface area contributed by atoms with Crippen molar-refractivity contribution < 1.29 is 27.9 Å². The summed E-state index contributed by atoms with van der Waals surface area (Å²) in [5, 5.41) is 9.00. The Morgan fingerprint density at radius 2 is 2.00 bits per heavy atom. The topological polar surface area (TPSA) is 62.1 Å². The molecular formula is C14H11F3N2O3. The summed E-state index contributed by atoms with van der Waals surface area (Å²) in [4.78, 5) is 15.4. The largest absolute Gasteiger partial charge is 0.497 e. The van der Waals surface area contributed by atoms with Crippen molar-refractivity contribution in [1.82, 2.24) is 5.06 Å². The molecule has 2 rings (SSSR count). The lowest BCUT2D eigenvalue weighted by atomic mass is 10.0. The summed E-state index contributed by atoms with van der Waals surface area (Å²) in [5.41, 5.74) is -1.04. The van der Waals surface area contributed by atoms with E-state index < -0.39 is 11.9 Å². The third-order valence-corrected chi connectivity index (χ3v) is 2.79. The lowest BCUT2D eigenvalue weighted by molar-refractivity contribution is -0.138. The zero-order valence-corrected chi connectivity index (χ0v) is 11.3. The Bertz CT molecular complexity index is 667. The molecule has 0 unspecified atom stereocenters. The van der Waals surface area contributed by atoms with Crippen molar-refractivity contribution >= 4 is 12.1 Å². The molecule has 8 heteroatoms. The number of carbonyl (C=O) groups is 1. The quantitative estimate of drug-likeness (QED) is 0.796. The molecule has 0 aromatic carbocycles. The van der Waals surface area contributed by atoms with Crippen LogP contribution in [0.25, 0.3) is 0 Å². The zero-order chi connectivity index (χ0) is 16.3. The first kappa shape index (κ1) is 15.8. The van der Waals surface area contributed by atoms with E-state index in [1.807, 2.05) is 0 Å². The fourth-order valence-corrected chi connectivity index (χ4v) is 1.68. The average molecular weight is 312 g/mol. The van der Waals surface area contributed by atoms with Gasteiger partial charge in [-0.25, -0.2) is 10.1 Å². The van der Waals surface area contributed by atoms with Crippen molar-refractivity contribution in [2.75, 3.05) is 7.11 Å². The van der Waals surface area contributed by atoms with Crippen molar-refractivity contribution in [3.63, 3.8) is 0 Å². The standard InChI is InChI=1S/C14H11F3N2O3/c1-22-11-5-3-9(12(20)7-11)2-4-10-6-13(14(15,16)17)19(21)8-18-10/h2-8,21H,1H3. The van der Waals surface area contributed by atoms with Crippen LogP contribution in [-0.2, 0) is 9.53 Å². The van der Waals surface area contributed by atoms with Gasteiger partial charge in [-0.1, -0.05) is 0 Å². The van der Waals surface area contributed by atoms with Crippen LogP contribution in [-0.4, -0.2) is 35.7 Å². The van der Waals surface area contributed by atoms with Gasteiger partial charge >= 0.3 is 6.18 Å². The maximum Gasteiger partial charge on any atom is 0.433 e. The minimum Gasteiger partial charge on any atom is -0.497 e. The summed E-state index contributed by atoms with van der Waals surface area (Å²) in [6.07, 6.45) is 3.48. The summed E-state index contributed by atoms with van der Waals surface area (Å²) in [6, 6.07) is 0. The van der Waals surface area contributed by atoms with E-state index in [-0.39, 0.29) is 22.1 Å². The van der Waals surface area contributed by atoms with Gasteiger partial charge in [-0.15, -0.1) is 0 Å². The molecule has 0 radical (unpaired) electrons. The highest BCUT2D eigenvalue weighted by Gasteiger charge is 2.38. The van der Waals surface area contributed by atoms with Crippen LogP contribution in [0.15, 0.2) is 64.2 Å². The lowest BCUT2D eigenvalue weighted by Crippen LogP contribution is -2.30. The first-order valence-corrected chi connectivity index (χ1v) is 6.02. The number of nitrogens with zero attached hydrogens (tertiary/aromatic N) is 2. The summed E-state index contributed by atoms with van der Waals surface area (Å²) in [7, 11) is 1.42. The number of carbonyl (C=O) groups excluding carboxylic acids is 1. The third kappa shape index (κ3) is 3.53. The molecule has 0 bridgehead atoms. The molecule has 0 aromatic heterocycles.